The number of nitrogens with one attached hydrogen (secondary N) is 2. The first-order valence-electron chi connectivity index (χ1n) is 7.32. The molecule has 120 valence electrons. The van der Waals surface area contributed by atoms with E-state index in [1.807, 2.05) is 12.1 Å². The van der Waals surface area contributed by atoms with E-state index in [9.17, 15) is 4.79 Å². The number of carbonyl (C=O) groups is 1. The van der Waals surface area contributed by atoms with Gasteiger partial charge < -0.3 is 14.5 Å². The number of carbonyl (C=O) groups excluding carboxylic acids is 1. The third kappa shape index (κ3) is 5.47. The molecule has 2 aromatic rings. The van der Waals surface area contributed by atoms with Gasteiger partial charge in [0.2, 0.25) is 0 Å². The van der Waals surface area contributed by atoms with Gasteiger partial charge in [-0.05, 0) is 19.1 Å². The number of rotatable bonds is 4. The Labute approximate surface area is 130 Å². The van der Waals surface area contributed by atoms with Crippen LogP contribution in [0.2, 0.25) is 0 Å². The van der Waals surface area contributed by atoms with Gasteiger partial charge in [0.05, 0.1) is 12.8 Å². The van der Waals surface area contributed by atoms with Crippen molar-refractivity contribution in [3.05, 3.63) is 30.5 Å². The van der Waals surface area contributed by atoms with Crippen LogP contribution in [-0.4, -0.2) is 24.7 Å². The summed E-state index contributed by atoms with van der Waals surface area (Å²) in [5, 5.41) is 5.45. The Morgan fingerprint density at radius 2 is 2.05 bits per heavy atom. The van der Waals surface area contributed by atoms with Crippen molar-refractivity contribution in [2.75, 3.05) is 24.3 Å². The summed E-state index contributed by atoms with van der Waals surface area (Å²) in [6, 6.07) is 7.69. The summed E-state index contributed by atoms with van der Waals surface area (Å²) in [4.78, 5) is 15.4. The summed E-state index contributed by atoms with van der Waals surface area (Å²) in [7, 11) is 1.73. The molecule has 22 heavy (non-hydrogen) atoms. The number of aromatic nitrogens is 1. The number of nitrogens with zero attached hydrogens (tertiary/aromatic N) is 1. The highest BCUT2D eigenvalue weighted by Gasteiger charge is 2.07. The molecule has 6 nitrogen and oxygen atoms in total. The van der Waals surface area contributed by atoms with E-state index in [0.717, 1.165) is 5.56 Å². The van der Waals surface area contributed by atoms with Crippen molar-refractivity contribution in [2.45, 2.75) is 27.2 Å². The number of hydrogen-bond acceptors (Lipinski definition) is 5. The predicted molar refractivity (Wildman–Crippen MR) is 88.1 cm³/mol. The Hall–Kier alpha value is -2.50. The van der Waals surface area contributed by atoms with Gasteiger partial charge in [-0.25, -0.2) is 9.78 Å². The fourth-order valence-corrected chi connectivity index (χ4v) is 1.56. The average molecular weight is 305 g/mol. The van der Waals surface area contributed by atoms with E-state index in [1.54, 1.807) is 32.3 Å². The molecule has 2 rings (SSSR count). The van der Waals surface area contributed by atoms with E-state index in [1.165, 1.54) is 6.42 Å². The van der Waals surface area contributed by atoms with Gasteiger partial charge in [0.25, 0.3) is 6.01 Å². The van der Waals surface area contributed by atoms with Gasteiger partial charge >= 0.3 is 6.09 Å². The van der Waals surface area contributed by atoms with Crippen molar-refractivity contribution >= 4 is 17.8 Å². The maximum atomic E-state index is 11.3. The zero-order valence-corrected chi connectivity index (χ0v) is 13.5. The molecule has 0 spiro atoms. The van der Waals surface area contributed by atoms with Crippen LogP contribution in [-0.2, 0) is 4.74 Å². The molecule has 1 aromatic heterocycles. The maximum Gasteiger partial charge on any atom is 0.411 e. The molecule has 1 amide bonds. The molecule has 0 saturated carbocycles. The largest absolute Gasteiger partial charge is 0.450 e. The smallest absolute Gasteiger partial charge is 0.411 e. The van der Waals surface area contributed by atoms with Gasteiger partial charge in [-0.2, -0.15) is 0 Å². The summed E-state index contributed by atoms with van der Waals surface area (Å²) in [5.74, 6) is 0.622. The Morgan fingerprint density at radius 1 is 1.32 bits per heavy atom. The summed E-state index contributed by atoms with van der Waals surface area (Å²) in [6.07, 6.45) is 2.39. The molecule has 0 aliphatic rings. The highest BCUT2D eigenvalue weighted by Crippen LogP contribution is 2.24. The zero-order valence-electron chi connectivity index (χ0n) is 13.5. The van der Waals surface area contributed by atoms with Crippen molar-refractivity contribution in [3.8, 4) is 11.3 Å². The van der Waals surface area contributed by atoms with E-state index in [-0.39, 0.29) is 0 Å². The molecule has 6 heteroatoms. The second-order valence-corrected chi connectivity index (χ2v) is 4.41. The predicted octanol–water partition coefficient (Wildman–Crippen LogP) is 4.37. The number of amides is 1. The number of ether oxygens (including phenoxy) is 1. The van der Waals surface area contributed by atoms with E-state index in [4.69, 9.17) is 9.15 Å². The number of hydrogen-bond donors (Lipinski definition) is 2. The van der Waals surface area contributed by atoms with Crippen molar-refractivity contribution in [3.63, 3.8) is 0 Å². The third-order valence-electron chi connectivity index (χ3n) is 2.39. The van der Waals surface area contributed by atoms with E-state index in [0.29, 0.717) is 24.1 Å². The number of anilines is 2. The molecular weight excluding hydrogens is 282 g/mol. The van der Waals surface area contributed by atoms with Gasteiger partial charge in [0.15, 0.2) is 5.76 Å². The second-order valence-electron chi connectivity index (χ2n) is 4.41. The van der Waals surface area contributed by atoms with Crippen molar-refractivity contribution in [1.29, 1.82) is 0 Å². The highest BCUT2D eigenvalue weighted by molar-refractivity contribution is 5.85. The van der Waals surface area contributed by atoms with Crippen LogP contribution in [0.1, 0.15) is 27.2 Å². The molecule has 0 unspecified atom stereocenters. The molecule has 0 saturated heterocycles. The Morgan fingerprint density at radius 3 is 2.64 bits per heavy atom. The fourth-order valence-electron chi connectivity index (χ4n) is 1.56. The monoisotopic (exact) mass is 305 g/mol. The number of benzene rings is 1. The minimum atomic E-state index is -0.479. The van der Waals surface area contributed by atoms with E-state index in [2.05, 4.69) is 29.5 Å². The van der Waals surface area contributed by atoms with E-state index >= 15 is 0 Å². The lowest BCUT2D eigenvalue weighted by atomic mass is 10.1. The van der Waals surface area contributed by atoms with Gasteiger partial charge in [-0.3, -0.25) is 5.32 Å². The summed E-state index contributed by atoms with van der Waals surface area (Å²) in [6.45, 7) is 6.34. The first-order chi connectivity index (χ1) is 10.6. The lowest BCUT2D eigenvalue weighted by Crippen LogP contribution is -2.13. The SMILES string of the molecule is CCC.CCOC(=O)Nc1cccc(-c2cnc(NC)o2)c1. The lowest BCUT2D eigenvalue weighted by molar-refractivity contribution is 0.168. The average Bonchev–Trinajstić information content (AvgIpc) is 2.97. The Bertz CT molecular complexity index is 582. The molecule has 1 heterocycles. The van der Waals surface area contributed by atoms with Gasteiger partial charge in [-0.1, -0.05) is 32.4 Å². The molecule has 0 aliphatic carbocycles. The third-order valence-corrected chi connectivity index (χ3v) is 2.39. The fraction of sp³-hybridized carbons (Fsp3) is 0.375. The molecule has 0 fully saturated rings. The first-order valence-corrected chi connectivity index (χ1v) is 7.32. The molecule has 0 radical (unpaired) electrons. The van der Waals surface area contributed by atoms with Gasteiger partial charge in [0, 0.05) is 18.3 Å². The van der Waals surface area contributed by atoms with Crippen LogP contribution >= 0.6 is 0 Å². The first kappa shape index (κ1) is 17.6. The van der Waals surface area contributed by atoms with Crippen LogP contribution in [0.15, 0.2) is 34.9 Å². The highest BCUT2D eigenvalue weighted by atomic mass is 16.5. The summed E-state index contributed by atoms with van der Waals surface area (Å²) >= 11 is 0. The molecule has 0 aliphatic heterocycles. The quantitative estimate of drug-likeness (QED) is 0.877. The topological polar surface area (TPSA) is 76.4 Å². The molecule has 0 atom stereocenters. The summed E-state index contributed by atoms with van der Waals surface area (Å²) < 4.78 is 10.3. The normalized spacial score (nSPS) is 9.45. The van der Waals surface area contributed by atoms with Crippen LogP contribution in [0.5, 0.6) is 0 Å². The molecule has 0 bridgehead atoms. The van der Waals surface area contributed by atoms with Crippen molar-refractivity contribution in [1.82, 2.24) is 4.98 Å². The second kappa shape index (κ2) is 9.44. The van der Waals surface area contributed by atoms with Crippen molar-refractivity contribution in [2.24, 2.45) is 0 Å². The van der Waals surface area contributed by atoms with Gasteiger partial charge in [-0.15, -0.1) is 0 Å². The van der Waals surface area contributed by atoms with Crippen LogP contribution in [0.25, 0.3) is 11.3 Å². The molecule has 2 N–H and O–H groups in total. The zero-order chi connectivity index (χ0) is 16.4. The number of oxazole rings is 1. The minimum absolute atomic E-state index is 0.332. The standard InChI is InChI=1S/C13H15N3O3.C3H8/c1-3-18-13(17)16-10-6-4-5-9(7-10)11-8-15-12(14-2)19-11;1-3-2/h4-8H,3H2,1-2H3,(H,14,15)(H,16,17);3H2,1-2H3. The lowest BCUT2D eigenvalue weighted by Gasteiger charge is -2.06. The van der Waals surface area contributed by atoms with Crippen molar-refractivity contribution < 1.29 is 13.9 Å². The Balaban J connectivity index is 0.000000745. The summed E-state index contributed by atoms with van der Waals surface area (Å²) in [5.41, 5.74) is 1.46. The molecule has 1 aromatic carbocycles. The Kier molecular flexibility index (Phi) is 7.53. The van der Waals surface area contributed by atoms with Crippen LogP contribution in [0.3, 0.4) is 0 Å². The minimum Gasteiger partial charge on any atom is -0.450 e. The van der Waals surface area contributed by atoms with E-state index < -0.39 is 6.09 Å². The maximum absolute atomic E-state index is 11.3. The van der Waals surface area contributed by atoms with Gasteiger partial charge in [0.1, 0.15) is 0 Å². The van der Waals surface area contributed by atoms with Crippen LogP contribution < -0.4 is 10.6 Å². The van der Waals surface area contributed by atoms with Crippen LogP contribution in [0.4, 0.5) is 16.5 Å². The van der Waals surface area contributed by atoms with Crippen LogP contribution in [0, 0.1) is 0 Å². The molecular formula is C16H23N3O3.